The zero-order chi connectivity index (χ0) is 25.9. The van der Waals surface area contributed by atoms with Crippen molar-refractivity contribution in [1.82, 2.24) is 24.9 Å². The molecule has 0 saturated heterocycles. The van der Waals surface area contributed by atoms with Crippen molar-refractivity contribution in [1.29, 1.82) is 0 Å². The summed E-state index contributed by atoms with van der Waals surface area (Å²) in [6, 6.07) is 30.9. The van der Waals surface area contributed by atoms with Crippen molar-refractivity contribution < 1.29 is 0 Å². The molecule has 8 rings (SSSR count). The highest BCUT2D eigenvalue weighted by atomic mass is 35.5. The highest BCUT2D eigenvalue weighted by molar-refractivity contribution is 7.27. The maximum atomic E-state index is 6.40. The minimum absolute atomic E-state index is 0.172. The Labute approximate surface area is 235 Å². The zero-order valence-electron chi connectivity index (χ0n) is 20.2. The lowest BCUT2D eigenvalue weighted by atomic mass is 10.0. The molecule has 0 aliphatic heterocycles. The fourth-order valence-corrected chi connectivity index (χ4v) is 7.73. The van der Waals surface area contributed by atoms with Crippen LogP contribution in [0.15, 0.2) is 97.3 Å². The molecule has 8 aromatic rings. The summed E-state index contributed by atoms with van der Waals surface area (Å²) in [6.45, 7) is 0. The van der Waals surface area contributed by atoms with Crippen LogP contribution in [0.2, 0.25) is 5.28 Å². The standard InChI is InChI=1S/C31H16ClN5S2/c32-31-36-29(17-8-2-1-3-9-17)35-30(37-31)22-14-7-12-19-18-11-6-13-21(26(18)39-27(19)22)25-28-24(33-16-34-25)20-10-4-5-15-23(20)38-28/h1-16H. The van der Waals surface area contributed by atoms with Gasteiger partial charge in [-0.25, -0.2) is 15.0 Å². The molecule has 0 radical (unpaired) electrons. The third kappa shape index (κ3) is 3.62. The second-order valence-electron chi connectivity index (χ2n) is 9.08. The van der Waals surface area contributed by atoms with Crippen molar-refractivity contribution >= 4 is 74.7 Å². The van der Waals surface area contributed by atoms with Crippen LogP contribution in [0.4, 0.5) is 0 Å². The van der Waals surface area contributed by atoms with Crippen LogP contribution in [0.3, 0.4) is 0 Å². The van der Waals surface area contributed by atoms with Gasteiger partial charge in [0.1, 0.15) is 6.33 Å². The Morgan fingerprint density at radius 2 is 1.23 bits per heavy atom. The summed E-state index contributed by atoms with van der Waals surface area (Å²) in [4.78, 5) is 23.2. The van der Waals surface area contributed by atoms with E-state index in [0.29, 0.717) is 11.6 Å². The fraction of sp³-hybridized carbons (Fsp3) is 0. The molecule has 0 aliphatic rings. The number of benzene rings is 4. The minimum atomic E-state index is 0.172. The molecule has 0 atom stereocenters. The van der Waals surface area contributed by atoms with Gasteiger partial charge in [0.15, 0.2) is 11.6 Å². The SMILES string of the molecule is Clc1nc(-c2ccccc2)nc(-c2cccc3c2sc2c(-c4ncnc5c4sc4ccccc45)cccc23)n1. The van der Waals surface area contributed by atoms with Gasteiger partial charge >= 0.3 is 0 Å². The van der Waals surface area contributed by atoms with Crippen molar-refractivity contribution in [2.24, 2.45) is 0 Å². The third-order valence-electron chi connectivity index (χ3n) is 6.82. The van der Waals surface area contributed by atoms with Crippen molar-refractivity contribution in [2.45, 2.75) is 0 Å². The molecule has 39 heavy (non-hydrogen) atoms. The average molecular weight is 558 g/mol. The van der Waals surface area contributed by atoms with E-state index in [0.717, 1.165) is 48.1 Å². The molecule has 0 spiro atoms. The molecule has 0 fully saturated rings. The van der Waals surface area contributed by atoms with E-state index in [1.54, 1.807) is 29.0 Å². The van der Waals surface area contributed by atoms with Crippen LogP contribution < -0.4 is 0 Å². The van der Waals surface area contributed by atoms with Gasteiger partial charge < -0.3 is 0 Å². The van der Waals surface area contributed by atoms with Gasteiger partial charge in [-0.2, -0.15) is 9.97 Å². The van der Waals surface area contributed by atoms with Crippen LogP contribution in [0.25, 0.3) is 74.5 Å². The largest absolute Gasteiger partial charge is 0.235 e. The molecule has 0 aliphatic carbocycles. The van der Waals surface area contributed by atoms with E-state index in [2.05, 4.69) is 63.5 Å². The van der Waals surface area contributed by atoms with Gasteiger partial charge in [0, 0.05) is 46.9 Å². The van der Waals surface area contributed by atoms with E-state index in [9.17, 15) is 0 Å². The quantitative estimate of drug-likeness (QED) is 0.217. The molecule has 184 valence electrons. The summed E-state index contributed by atoms with van der Waals surface area (Å²) in [5.41, 5.74) is 4.86. The van der Waals surface area contributed by atoms with Crippen molar-refractivity contribution in [3.05, 3.63) is 103 Å². The summed E-state index contributed by atoms with van der Waals surface area (Å²) in [6.07, 6.45) is 1.67. The Hall–Kier alpha value is -4.30. The lowest BCUT2D eigenvalue weighted by Crippen LogP contribution is -1.97. The number of fused-ring (bicyclic) bond motifs is 6. The Bertz CT molecular complexity index is 2200. The second kappa shape index (κ2) is 8.88. The van der Waals surface area contributed by atoms with Crippen LogP contribution in [-0.2, 0) is 0 Å². The topological polar surface area (TPSA) is 64.5 Å². The second-order valence-corrected chi connectivity index (χ2v) is 11.5. The van der Waals surface area contributed by atoms with Gasteiger partial charge in [0.2, 0.25) is 5.28 Å². The molecular weight excluding hydrogens is 542 g/mol. The number of aromatic nitrogens is 5. The molecule has 0 unspecified atom stereocenters. The molecule has 4 aromatic heterocycles. The van der Waals surface area contributed by atoms with E-state index in [1.807, 2.05) is 42.5 Å². The number of halogens is 1. The number of nitrogens with zero attached hydrogens (tertiary/aromatic N) is 5. The van der Waals surface area contributed by atoms with E-state index >= 15 is 0 Å². The van der Waals surface area contributed by atoms with E-state index < -0.39 is 0 Å². The Morgan fingerprint density at radius 3 is 2.08 bits per heavy atom. The van der Waals surface area contributed by atoms with Crippen LogP contribution in [-0.4, -0.2) is 24.9 Å². The normalized spacial score (nSPS) is 11.7. The number of rotatable bonds is 3. The molecule has 0 bridgehead atoms. The van der Waals surface area contributed by atoms with E-state index in [1.165, 1.54) is 14.8 Å². The number of hydrogen-bond donors (Lipinski definition) is 0. The third-order valence-corrected chi connectivity index (χ3v) is 9.44. The van der Waals surface area contributed by atoms with Gasteiger partial charge in [-0.05, 0) is 23.7 Å². The van der Waals surface area contributed by atoms with Gasteiger partial charge in [-0.15, -0.1) is 22.7 Å². The van der Waals surface area contributed by atoms with Crippen LogP contribution in [0.5, 0.6) is 0 Å². The summed E-state index contributed by atoms with van der Waals surface area (Å²) < 4.78 is 4.57. The summed E-state index contributed by atoms with van der Waals surface area (Å²) in [5.74, 6) is 1.11. The molecule has 0 amide bonds. The van der Waals surface area contributed by atoms with Crippen molar-refractivity contribution in [3.63, 3.8) is 0 Å². The maximum Gasteiger partial charge on any atom is 0.226 e. The first-order valence-corrected chi connectivity index (χ1v) is 14.3. The van der Waals surface area contributed by atoms with Crippen LogP contribution in [0.1, 0.15) is 0 Å². The lowest BCUT2D eigenvalue weighted by molar-refractivity contribution is 1.07. The van der Waals surface area contributed by atoms with Crippen LogP contribution >= 0.6 is 34.3 Å². The number of hydrogen-bond acceptors (Lipinski definition) is 7. The van der Waals surface area contributed by atoms with Crippen LogP contribution in [0, 0.1) is 0 Å². The molecule has 4 heterocycles. The Balaban J connectivity index is 1.37. The van der Waals surface area contributed by atoms with Gasteiger partial charge in [-0.3, -0.25) is 0 Å². The smallest absolute Gasteiger partial charge is 0.226 e. The summed E-state index contributed by atoms with van der Waals surface area (Å²) >= 11 is 9.87. The minimum Gasteiger partial charge on any atom is -0.235 e. The monoisotopic (exact) mass is 557 g/mol. The molecule has 4 aromatic carbocycles. The highest BCUT2D eigenvalue weighted by Gasteiger charge is 2.19. The van der Waals surface area contributed by atoms with Crippen molar-refractivity contribution in [3.8, 4) is 34.0 Å². The zero-order valence-corrected chi connectivity index (χ0v) is 22.6. The predicted octanol–water partition coefficient (Wildman–Crippen LogP) is 9.05. The highest BCUT2D eigenvalue weighted by Crippen LogP contribution is 2.45. The van der Waals surface area contributed by atoms with E-state index in [4.69, 9.17) is 21.6 Å². The summed E-state index contributed by atoms with van der Waals surface area (Å²) in [5, 5.41) is 3.65. The fourth-order valence-electron chi connectivity index (χ4n) is 5.08. The molecule has 5 nitrogen and oxygen atoms in total. The first-order chi connectivity index (χ1) is 19.2. The molecule has 0 N–H and O–H groups in total. The average Bonchev–Trinajstić information content (AvgIpc) is 3.56. The van der Waals surface area contributed by atoms with Gasteiger partial charge in [0.05, 0.1) is 15.9 Å². The molecule has 8 heteroatoms. The van der Waals surface area contributed by atoms with E-state index in [-0.39, 0.29) is 5.28 Å². The first-order valence-electron chi connectivity index (χ1n) is 12.3. The number of thiophene rings is 2. The lowest BCUT2D eigenvalue weighted by Gasteiger charge is -2.05. The first kappa shape index (κ1) is 22.7. The maximum absolute atomic E-state index is 6.40. The molecular formula is C31H16ClN5S2. The van der Waals surface area contributed by atoms with Gasteiger partial charge in [-0.1, -0.05) is 78.9 Å². The molecule has 0 saturated carbocycles. The Kier molecular flexibility index (Phi) is 5.16. The van der Waals surface area contributed by atoms with Gasteiger partial charge in [0.25, 0.3) is 0 Å². The predicted molar refractivity (Wildman–Crippen MR) is 163 cm³/mol. The summed E-state index contributed by atoms with van der Waals surface area (Å²) in [7, 11) is 0. The van der Waals surface area contributed by atoms with Crippen molar-refractivity contribution in [2.75, 3.05) is 0 Å². The Morgan fingerprint density at radius 1 is 0.538 bits per heavy atom.